The molecular formula is C11H18N4S. The van der Waals surface area contributed by atoms with E-state index in [-0.39, 0.29) is 0 Å². The molecule has 5 heteroatoms. The summed E-state index contributed by atoms with van der Waals surface area (Å²) in [4.78, 5) is 11.0. The molecule has 2 rings (SSSR count). The summed E-state index contributed by atoms with van der Waals surface area (Å²) in [6.45, 7) is 5.41. The van der Waals surface area contributed by atoms with Crippen molar-refractivity contribution in [1.29, 1.82) is 0 Å². The van der Waals surface area contributed by atoms with Crippen molar-refractivity contribution >= 4 is 23.4 Å². The second kappa shape index (κ2) is 4.91. The van der Waals surface area contributed by atoms with Crippen molar-refractivity contribution in [2.24, 2.45) is 0 Å². The van der Waals surface area contributed by atoms with Crippen molar-refractivity contribution < 1.29 is 0 Å². The summed E-state index contributed by atoms with van der Waals surface area (Å²) < 4.78 is 0. The molecule has 1 saturated heterocycles. The van der Waals surface area contributed by atoms with Gasteiger partial charge in [-0.3, -0.25) is 0 Å². The molecule has 0 radical (unpaired) electrons. The summed E-state index contributed by atoms with van der Waals surface area (Å²) in [5, 5.41) is 3.11. The van der Waals surface area contributed by atoms with E-state index < -0.39 is 0 Å². The standard InChI is InChI=1S/C11H18N4S/c1-8-6-16-5-4-15(8)11-9(2)10(12-3)13-7-14-11/h7-8H,4-6H2,1-3H3,(H,12,13,14). The summed E-state index contributed by atoms with van der Waals surface area (Å²) in [6, 6.07) is 0.553. The number of aromatic nitrogens is 2. The molecule has 1 aromatic heterocycles. The molecule has 1 aromatic rings. The van der Waals surface area contributed by atoms with Gasteiger partial charge in [-0.25, -0.2) is 9.97 Å². The molecule has 1 N–H and O–H groups in total. The van der Waals surface area contributed by atoms with Crippen molar-refractivity contribution in [2.75, 3.05) is 35.3 Å². The van der Waals surface area contributed by atoms with E-state index in [1.807, 2.05) is 18.8 Å². The zero-order chi connectivity index (χ0) is 11.5. The Kier molecular flexibility index (Phi) is 3.53. The van der Waals surface area contributed by atoms with Crippen LogP contribution >= 0.6 is 11.8 Å². The Labute approximate surface area is 101 Å². The molecular weight excluding hydrogens is 220 g/mol. The van der Waals surface area contributed by atoms with Gasteiger partial charge in [0.1, 0.15) is 18.0 Å². The van der Waals surface area contributed by atoms with Crippen LogP contribution in [-0.2, 0) is 0 Å². The Morgan fingerprint density at radius 2 is 2.31 bits per heavy atom. The fourth-order valence-electron chi connectivity index (χ4n) is 2.02. The smallest absolute Gasteiger partial charge is 0.137 e. The lowest BCUT2D eigenvalue weighted by Crippen LogP contribution is -2.41. The van der Waals surface area contributed by atoms with Gasteiger partial charge in [0, 0.05) is 36.7 Å². The summed E-state index contributed by atoms with van der Waals surface area (Å²) in [5.74, 6) is 4.36. The summed E-state index contributed by atoms with van der Waals surface area (Å²) >= 11 is 2.02. The molecule has 16 heavy (non-hydrogen) atoms. The maximum Gasteiger partial charge on any atom is 0.137 e. The highest BCUT2D eigenvalue weighted by Crippen LogP contribution is 2.27. The number of nitrogens with one attached hydrogen (secondary N) is 1. The minimum Gasteiger partial charge on any atom is -0.373 e. The van der Waals surface area contributed by atoms with Crippen LogP contribution in [-0.4, -0.2) is 41.1 Å². The zero-order valence-electron chi connectivity index (χ0n) is 10.0. The third-order valence-electron chi connectivity index (χ3n) is 2.93. The van der Waals surface area contributed by atoms with Crippen molar-refractivity contribution in [3.05, 3.63) is 11.9 Å². The average molecular weight is 238 g/mol. The van der Waals surface area contributed by atoms with Crippen LogP contribution < -0.4 is 10.2 Å². The van der Waals surface area contributed by atoms with E-state index in [0.29, 0.717) is 6.04 Å². The van der Waals surface area contributed by atoms with E-state index in [9.17, 15) is 0 Å². The predicted octanol–water partition coefficient (Wildman–Crippen LogP) is 1.77. The molecule has 4 nitrogen and oxygen atoms in total. The zero-order valence-corrected chi connectivity index (χ0v) is 10.8. The Bertz CT molecular complexity index is 369. The molecule has 0 aromatic carbocycles. The fourth-order valence-corrected chi connectivity index (χ4v) is 3.04. The van der Waals surface area contributed by atoms with Gasteiger partial charge in [-0.1, -0.05) is 0 Å². The van der Waals surface area contributed by atoms with E-state index >= 15 is 0 Å². The normalized spacial score (nSPS) is 20.9. The van der Waals surface area contributed by atoms with E-state index in [1.165, 1.54) is 11.5 Å². The highest BCUT2D eigenvalue weighted by atomic mass is 32.2. The molecule has 1 fully saturated rings. The summed E-state index contributed by atoms with van der Waals surface area (Å²) in [5.41, 5.74) is 1.14. The number of hydrogen-bond acceptors (Lipinski definition) is 5. The van der Waals surface area contributed by atoms with Gasteiger partial charge in [0.05, 0.1) is 0 Å². The second-order valence-electron chi connectivity index (χ2n) is 4.04. The molecule has 88 valence electrons. The molecule has 1 aliphatic heterocycles. The summed E-state index contributed by atoms with van der Waals surface area (Å²) in [7, 11) is 1.90. The van der Waals surface area contributed by atoms with Crippen LogP contribution in [0.4, 0.5) is 11.6 Å². The first-order valence-corrected chi connectivity index (χ1v) is 6.73. The lowest BCUT2D eigenvalue weighted by atomic mass is 10.2. The van der Waals surface area contributed by atoms with Crippen molar-refractivity contribution in [2.45, 2.75) is 19.9 Å². The Hall–Kier alpha value is -0.970. The lowest BCUT2D eigenvalue weighted by Gasteiger charge is -2.35. The monoisotopic (exact) mass is 238 g/mol. The molecule has 0 spiro atoms. The topological polar surface area (TPSA) is 41.1 Å². The fraction of sp³-hybridized carbons (Fsp3) is 0.636. The largest absolute Gasteiger partial charge is 0.373 e. The molecule has 0 saturated carbocycles. The van der Waals surface area contributed by atoms with Crippen LogP contribution in [0.15, 0.2) is 6.33 Å². The van der Waals surface area contributed by atoms with Crippen molar-refractivity contribution in [1.82, 2.24) is 9.97 Å². The Balaban J connectivity index is 2.31. The number of thioether (sulfide) groups is 1. The Morgan fingerprint density at radius 1 is 1.50 bits per heavy atom. The minimum absolute atomic E-state index is 0.553. The van der Waals surface area contributed by atoms with Crippen LogP contribution in [0.5, 0.6) is 0 Å². The van der Waals surface area contributed by atoms with Gasteiger partial charge in [0.2, 0.25) is 0 Å². The number of rotatable bonds is 2. The van der Waals surface area contributed by atoms with E-state index in [0.717, 1.165) is 23.7 Å². The number of nitrogens with zero attached hydrogens (tertiary/aromatic N) is 3. The first kappa shape index (κ1) is 11.5. The maximum atomic E-state index is 4.43. The predicted molar refractivity (Wildman–Crippen MR) is 70.4 cm³/mol. The SMILES string of the molecule is CNc1ncnc(N2CCSCC2C)c1C. The van der Waals surface area contributed by atoms with Gasteiger partial charge in [0.15, 0.2) is 0 Å². The third kappa shape index (κ3) is 2.09. The van der Waals surface area contributed by atoms with Crippen LogP contribution in [0, 0.1) is 6.92 Å². The average Bonchev–Trinajstić information content (AvgIpc) is 2.31. The minimum atomic E-state index is 0.553. The van der Waals surface area contributed by atoms with Crippen LogP contribution in [0.2, 0.25) is 0 Å². The molecule has 1 atom stereocenters. The first-order valence-electron chi connectivity index (χ1n) is 5.57. The molecule has 1 unspecified atom stereocenters. The van der Waals surface area contributed by atoms with E-state index in [4.69, 9.17) is 0 Å². The Morgan fingerprint density at radius 3 is 3.00 bits per heavy atom. The van der Waals surface area contributed by atoms with E-state index in [1.54, 1.807) is 6.33 Å². The van der Waals surface area contributed by atoms with Gasteiger partial charge < -0.3 is 10.2 Å². The molecule has 2 heterocycles. The van der Waals surface area contributed by atoms with Gasteiger partial charge >= 0.3 is 0 Å². The molecule has 0 aliphatic carbocycles. The highest BCUT2D eigenvalue weighted by Gasteiger charge is 2.22. The van der Waals surface area contributed by atoms with Crippen LogP contribution in [0.1, 0.15) is 12.5 Å². The van der Waals surface area contributed by atoms with Gasteiger partial charge in [-0.15, -0.1) is 0 Å². The van der Waals surface area contributed by atoms with Gasteiger partial charge in [-0.05, 0) is 13.8 Å². The lowest BCUT2D eigenvalue weighted by molar-refractivity contribution is 0.686. The quantitative estimate of drug-likeness (QED) is 0.850. The van der Waals surface area contributed by atoms with Crippen LogP contribution in [0.3, 0.4) is 0 Å². The van der Waals surface area contributed by atoms with Crippen molar-refractivity contribution in [3.8, 4) is 0 Å². The van der Waals surface area contributed by atoms with Gasteiger partial charge in [-0.2, -0.15) is 11.8 Å². The second-order valence-corrected chi connectivity index (χ2v) is 5.19. The molecule has 0 bridgehead atoms. The molecule has 0 amide bonds. The van der Waals surface area contributed by atoms with E-state index in [2.05, 4.69) is 34.0 Å². The number of anilines is 2. The van der Waals surface area contributed by atoms with Crippen molar-refractivity contribution in [3.63, 3.8) is 0 Å². The summed E-state index contributed by atoms with van der Waals surface area (Å²) in [6.07, 6.45) is 1.64. The molecule has 1 aliphatic rings. The third-order valence-corrected chi connectivity index (χ3v) is 4.12. The van der Waals surface area contributed by atoms with Crippen LogP contribution in [0.25, 0.3) is 0 Å². The highest BCUT2D eigenvalue weighted by molar-refractivity contribution is 7.99. The first-order chi connectivity index (χ1) is 7.74. The van der Waals surface area contributed by atoms with Gasteiger partial charge in [0.25, 0.3) is 0 Å². The number of hydrogen-bond donors (Lipinski definition) is 1. The maximum absolute atomic E-state index is 4.43.